The fourth-order valence-corrected chi connectivity index (χ4v) is 6.75. The summed E-state index contributed by atoms with van der Waals surface area (Å²) in [6, 6.07) is 32.6. The highest BCUT2D eigenvalue weighted by atomic mass is 79.9. The molecule has 4 heteroatoms. The molecular weight excluding hydrogens is 491 g/mol. The number of epoxide rings is 1. The van der Waals surface area contributed by atoms with E-state index in [9.17, 15) is 0 Å². The maximum Gasteiger partial charge on any atom is 0.109 e. The molecule has 0 spiro atoms. The summed E-state index contributed by atoms with van der Waals surface area (Å²) < 4.78 is 9.91. The number of methoxy groups -OCH3 is 1. The third kappa shape index (κ3) is 9.33. The zero-order valence-corrected chi connectivity index (χ0v) is 23.3. The van der Waals surface area contributed by atoms with Crippen LogP contribution in [0.5, 0.6) is 0 Å². The molecule has 1 fully saturated rings. The second-order valence-electron chi connectivity index (χ2n) is 8.05. The second kappa shape index (κ2) is 16.2. The van der Waals surface area contributed by atoms with E-state index in [-0.39, 0.29) is 17.0 Å². The van der Waals surface area contributed by atoms with Crippen LogP contribution in [0.15, 0.2) is 91.0 Å². The van der Waals surface area contributed by atoms with Gasteiger partial charge < -0.3 is 26.5 Å². The lowest BCUT2D eigenvalue weighted by molar-refractivity contribution is -0.00000796. The van der Waals surface area contributed by atoms with Gasteiger partial charge in [0.1, 0.15) is 23.2 Å². The first kappa shape index (κ1) is 29.5. The Hall–Kier alpha value is -1.51. The number of hydrogen-bond donors (Lipinski definition) is 0. The maximum absolute atomic E-state index is 5.05. The highest BCUT2D eigenvalue weighted by Gasteiger charge is 2.39. The Morgan fingerprint density at radius 3 is 1.24 bits per heavy atom. The van der Waals surface area contributed by atoms with E-state index in [1.165, 1.54) is 22.3 Å². The summed E-state index contributed by atoms with van der Waals surface area (Å²) >= 11 is 0. The van der Waals surface area contributed by atoms with Gasteiger partial charge in [0.25, 0.3) is 0 Å². The van der Waals surface area contributed by atoms with Gasteiger partial charge in [-0.1, -0.05) is 75.4 Å². The number of benzene rings is 3. The van der Waals surface area contributed by atoms with Crippen LogP contribution in [0.3, 0.4) is 0 Å². The summed E-state index contributed by atoms with van der Waals surface area (Å²) in [5, 5.41) is 4.28. The number of hydrogen-bond acceptors (Lipinski definition) is 2. The topological polar surface area (TPSA) is 21.8 Å². The van der Waals surface area contributed by atoms with E-state index < -0.39 is 7.26 Å². The predicted octanol–water partition coefficient (Wildman–Crippen LogP) is 3.23. The van der Waals surface area contributed by atoms with Crippen LogP contribution in [0.25, 0.3) is 0 Å². The molecule has 3 aromatic rings. The highest BCUT2D eigenvalue weighted by molar-refractivity contribution is 7.95. The Balaban J connectivity index is 0.000000347. The van der Waals surface area contributed by atoms with E-state index in [2.05, 4.69) is 118 Å². The van der Waals surface area contributed by atoms with Crippen molar-refractivity contribution in [2.75, 3.05) is 20.4 Å². The molecular formula is C29H40BrO2P. The Labute approximate surface area is 212 Å². The molecule has 3 aromatic carbocycles. The minimum Gasteiger partial charge on any atom is -1.00 e. The Bertz CT molecular complexity index is 748. The lowest BCUT2D eigenvalue weighted by Gasteiger charge is -2.22. The zero-order valence-electron chi connectivity index (χ0n) is 20.8. The number of ether oxygens (including phenoxy) is 2. The molecule has 0 N–H and O–H groups in total. The fraction of sp³-hybridized carbons (Fsp3) is 0.379. The molecule has 0 aliphatic carbocycles. The van der Waals surface area contributed by atoms with Crippen molar-refractivity contribution in [1.82, 2.24) is 0 Å². The number of rotatable bonds is 7. The summed E-state index contributed by atoms with van der Waals surface area (Å²) in [7, 11) is 0.235. The van der Waals surface area contributed by atoms with Gasteiger partial charge in [-0.25, -0.2) is 0 Å². The standard InChI is InChI=1S/C19H18P.C6H14O.C4H8O.BrH/c1-20(17-11-5-2-6-12-17,18-13-7-3-8-14-18)19-15-9-4-10-16-19;1-4-6(5-2)7-3;1-2-4-3-5-4;/h2-16H,1H3;6H,4-5H2,1-3H3;4H,2-3H2,1H3;1H/q+1;;;/p-1/t;;4-;/m..1./s1. The van der Waals surface area contributed by atoms with Crippen LogP contribution in [0, 0.1) is 0 Å². The van der Waals surface area contributed by atoms with Gasteiger partial charge in [-0.15, -0.1) is 0 Å². The Morgan fingerprint density at radius 1 is 0.758 bits per heavy atom. The van der Waals surface area contributed by atoms with Gasteiger partial charge in [0.15, 0.2) is 0 Å². The smallest absolute Gasteiger partial charge is 0.109 e. The van der Waals surface area contributed by atoms with Crippen molar-refractivity contribution in [1.29, 1.82) is 0 Å². The predicted molar refractivity (Wildman–Crippen MR) is 142 cm³/mol. The van der Waals surface area contributed by atoms with Crippen molar-refractivity contribution >= 4 is 23.2 Å². The van der Waals surface area contributed by atoms with Gasteiger partial charge in [0, 0.05) is 7.11 Å². The molecule has 1 aliphatic heterocycles. The van der Waals surface area contributed by atoms with E-state index in [0.717, 1.165) is 19.4 Å². The van der Waals surface area contributed by atoms with Crippen molar-refractivity contribution in [2.45, 2.75) is 52.2 Å². The second-order valence-corrected chi connectivity index (χ2v) is 11.6. The molecule has 180 valence electrons. The van der Waals surface area contributed by atoms with Gasteiger partial charge in [0.05, 0.1) is 25.5 Å². The third-order valence-corrected chi connectivity index (χ3v) is 9.91. The Kier molecular flexibility index (Phi) is 14.5. The molecule has 1 atom stereocenters. The summed E-state index contributed by atoms with van der Waals surface area (Å²) in [4.78, 5) is 0. The lowest BCUT2D eigenvalue weighted by Crippen LogP contribution is -3.00. The van der Waals surface area contributed by atoms with Gasteiger partial charge >= 0.3 is 0 Å². The van der Waals surface area contributed by atoms with E-state index >= 15 is 0 Å². The lowest BCUT2D eigenvalue weighted by atomic mass is 10.2. The molecule has 1 heterocycles. The molecule has 4 rings (SSSR count). The van der Waals surface area contributed by atoms with E-state index in [4.69, 9.17) is 9.47 Å². The molecule has 0 radical (unpaired) electrons. The summed E-state index contributed by atoms with van der Waals surface area (Å²) in [5.41, 5.74) is 0. The largest absolute Gasteiger partial charge is 1.00 e. The molecule has 0 bridgehead atoms. The van der Waals surface area contributed by atoms with Crippen LogP contribution < -0.4 is 32.9 Å². The first-order chi connectivity index (χ1) is 15.6. The third-order valence-electron chi connectivity index (χ3n) is 5.92. The van der Waals surface area contributed by atoms with Gasteiger partial charge in [0.2, 0.25) is 0 Å². The average molecular weight is 532 g/mol. The minimum absolute atomic E-state index is 0. The minimum atomic E-state index is -1.53. The highest BCUT2D eigenvalue weighted by Crippen LogP contribution is 2.51. The molecule has 1 saturated heterocycles. The van der Waals surface area contributed by atoms with E-state index in [1.807, 2.05) is 0 Å². The SMILES string of the molecule is CCC(CC)OC.CC[C@@H]1CO1.C[P+](c1ccccc1)(c1ccccc1)c1ccccc1.[Br-]. The zero-order chi connectivity index (χ0) is 23.2. The summed E-state index contributed by atoms with van der Waals surface area (Å²) in [6.07, 6.45) is 4.58. The van der Waals surface area contributed by atoms with Crippen LogP contribution in [0.4, 0.5) is 0 Å². The molecule has 0 amide bonds. The van der Waals surface area contributed by atoms with Crippen molar-refractivity contribution in [3.05, 3.63) is 91.0 Å². The first-order valence-electron chi connectivity index (χ1n) is 11.8. The Morgan fingerprint density at radius 2 is 1.09 bits per heavy atom. The monoisotopic (exact) mass is 530 g/mol. The van der Waals surface area contributed by atoms with Gasteiger partial charge in [-0.05, 0) is 55.7 Å². The molecule has 33 heavy (non-hydrogen) atoms. The van der Waals surface area contributed by atoms with Gasteiger partial charge in [-0.2, -0.15) is 0 Å². The van der Waals surface area contributed by atoms with Crippen molar-refractivity contribution in [3.8, 4) is 0 Å². The fourth-order valence-electron chi connectivity index (χ4n) is 3.55. The van der Waals surface area contributed by atoms with Crippen molar-refractivity contribution in [3.63, 3.8) is 0 Å². The van der Waals surface area contributed by atoms with Crippen LogP contribution in [-0.4, -0.2) is 32.6 Å². The van der Waals surface area contributed by atoms with Crippen molar-refractivity contribution < 1.29 is 26.5 Å². The molecule has 1 aliphatic rings. The number of halogens is 1. The first-order valence-corrected chi connectivity index (χ1v) is 14.0. The summed E-state index contributed by atoms with van der Waals surface area (Å²) in [6.45, 7) is 9.83. The summed E-state index contributed by atoms with van der Waals surface area (Å²) in [5.74, 6) is 0. The molecule has 0 aromatic heterocycles. The van der Waals surface area contributed by atoms with Crippen LogP contribution in [0.2, 0.25) is 0 Å². The van der Waals surface area contributed by atoms with Crippen LogP contribution in [0.1, 0.15) is 40.0 Å². The van der Waals surface area contributed by atoms with Crippen molar-refractivity contribution in [2.24, 2.45) is 0 Å². The van der Waals surface area contributed by atoms with Crippen LogP contribution >= 0.6 is 7.26 Å². The van der Waals surface area contributed by atoms with Crippen LogP contribution in [-0.2, 0) is 9.47 Å². The normalized spacial score (nSPS) is 14.2. The molecule has 2 nitrogen and oxygen atoms in total. The van der Waals surface area contributed by atoms with Gasteiger partial charge in [-0.3, -0.25) is 0 Å². The average Bonchev–Trinajstić information content (AvgIpc) is 3.72. The van der Waals surface area contributed by atoms with E-state index in [0.29, 0.717) is 12.2 Å². The van der Waals surface area contributed by atoms with E-state index in [1.54, 1.807) is 7.11 Å². The molecule has 0 saturated carbocycles. The quantitative estimate of drug-likeness (QED) is 0.345. The molecule has 0 unspecified atom stereocenters. The maximum atomic E-state index is 5.05.